The summed E-state index contributed by atoms with van der Waals surface area (Å²) in [4.78, 5) is 41.3. The molecule has 0 bridgehead atoms. The predicted octanol–water partition coefficient (Wildman–Crippen LogP) is 3.99. The predicted molar refractivity (Wildman–Crippen MR) is 119 cm³/mol. The summed E-state index contributed by atoms with van der Waals surface area (Å²) >= 11 is 7.11. The molecule has 2 aromatic rings. The zero-order valence-corrected chi connectivity index (χ0v) is 18.4. The fraction of sp³-hybridized carbons (Fsp3) is 0.409. The number of cyclic esters (lactones) is 1. The lowest BCUT2D eigenvalue weighted by molar-refractivity contribution is -0.119. The number of anilines is 2. The zero-order chi connectivity index (χ0) is 21.5. The second kappa shape index (κ2) is 8.16. The monoisotopic (exact) mass is 459 g/mol. The van der Waals surface area contributed by atoms with Crippen LogP contribution < -0.4 is 15.1 Å². The Kier molecular flexibility index (Phi) is 5.35. The van der Waals surface area contributed by atoms with Gasteiger partial charge in [0.15, 0.2) is 0 Å². The van der Waals surface area contributed by atoms with Gasteiger partial charge in [0.1, 0.15) is 6.10 Å². The summed E-state index contributed by atoms with van der Waals surface area (Å²) in [5.41, 5.74) is 2.77. The van der Waals surface area contributed by atoms with E-state index in [1.807, 2.05) is 23.1 Å². The van der Waals surface area contributed by atoms with Gasteiger partial charge in [0.05, 0.1) is 27.5 Å². The molecule has 0 unspecified atom stereocenters. The summed E-state index contributed by atoms with van der Waals surface area (Å²) in [5, 5.41) is 2.85. The number of ether oxygens (including phenoxy) is 1. The number of amides is 3. The maximum absolute atomic E-state index is 12.6. The molecular weight excluding hydrogens is 438 g/mol. The van der Waals surface area contributed by atoms with Gasteiger partial charge in [-0.3, -0.25) is 14.5 Å². The van der Waals surface area contributed by atoms with Crippen LogP contribution in [0.3, 0.4) is 0 Å². The number of piperidine rings is 1. The van der Waals surface area contributed by atoms with Crippen LogP contribution in [0, 0.1) is 0 Å². The minimum Gasteiger partial charge on any atom is -0.442 e. The number of nitrogens with one attached hydrogen (secondary N) is 1. The van der Waals surface area contributed by atoms with Crippen molar-refractivity contribution in [3.63, 3.8) is 0 Å². The van der Waals surface area contributed by atoms with Gasteiger partial charge in [0, 0.05) is 18.7 Å². The van der Waals surface area contributed by atoms with Crippen LogP contribution in [-0.4, -0.2) is 43.1 Å². The van der Waals surface area contributed by atoms with Gasteiger partial charge in [-0.1, -0.05) is 11.6 Å². The third-order valence-corrected chi connectivity index (χ3v) is 7.37. The Hall–Kier alpha value is -2.58. The molecule has 2 atom stereocenters. The van der Waals surface area contributed by atoms with Crippen LogP contribution in [0.2, 0.25) is 4.34 Å². The van der Waals surface area contributed by atoms with Gasteiger partial charge >= 0.3 is 6.09 Å². The molecule has 3 aliphatic heterocycles. The Morgan fingerprint density at radius 2 is 2.06 bits per heavy atom. The molecule has 3 aliphatic rings. The third-order valence-electron chi connectivity index (χ3n) is 6.14. The van der Waals surface area contributed by atoms with Crippen molar-refractivity contribution < 1.29 is 19.1 Å². The van der Waals surface area contributed by atoms with E-state index in [-0.39, 0.29) is 24.4 Å². The summed E-state index contributed by atoms with van der Waals surface area (Å²) < 4.78 is 6.16. The molecule has 0 radical (unpaired) electrons. The molecule has 2 fully saturated rings. The van der Waals surface area contributed by atoms with Crippen LogP contribution in [0.5, 0.6) is 0 Å². The summed E-state index contributed by atoms with van der Waals surface area (Å²) in [6.45, 7) is 0.986. The summed E-state index contributed by atoms with van der Waals surface area (Å²) in [6, 6.07) is 9.08. The lowest BCUT2D eigenvalue weighted by atomic mass is 9.93. The first kappa shape index (κ1) is 20.3. The van der Waals surface area contributed by atoms with Gasteiger partial charge < -0.3 is 15.0 Å². The van der Waals surface area contributed by atoms with Crippen LogP contribution >= 0.6 is 22.9 Å². The number of hydrogen-bond donors (Lipinski definition) is 1. The van der Waals surface area contributed by atoms with Crippen LogP contribution in [0.1, 0.15) is 40.9 Å². The molecule has 0 aliphatic carbocycles. The number of benzene rings is 1. The Morgan fingerprint density at radius 1 is 1.19 bits per heavy atom. The molecule has 0 saturated carbocycles. The van der Waals surface area contributed by atoms with E-state index in [0.717, 1.165) is 49.2 Å². The van der Waals surface area contributed by atoms with E-state index in [2.05, 4.69) is 5.32 Å². The summed E-state index contributed by atoms with van der Waals surface area (Å²) in [5.74, 6) is -0.0678. The molecule has 9 heteroatoms. The van der Waals surface area contributed by atoms with Gasteiger partial charge in [0.2, 0.25) is 5.91 Å². The highest BCUT2D eigenvalue weighted by atomic mass is 35.5. The maximum Gasteiger partial charge on any atom is 0.415 e. The lowest BCUT2D eigenvalue weighted by Gasteiger charge is -2.33. The third kappa shape index (κ3) is 3.78. The molecule has 1 aromatic carbocycles. The summed E-state index contributed by atoms with van der Waals surface area (Å²) in [6.07, 6.45) is 3.25. The highest BCUT2D eigenvalue weighted by Gasteiger charge is 2.45. The molecule has 2 saturated heterocycles. The Morgan fingerprint density at radius 3 is 2.84 bits per heavy atom. The first-order valence-corrected chi connectivity index (χ1v) is 11.7. The Balaban J connectivity index is 1.30. The Labute approximate surface area is 188 Å². The molecule has 5 rings (SSSR count). The quantitative estimate of drug-likeness (QED) is 0.749. The highest BCUT2D eigenvalue weighted by Crippen LogP contribution is 2.39. The number of carbonyl (C=O) groups is 3. The van der Waals surface area contributed by atoms with Gasteiger partial charge in [-0.2, -0.15) is 0 Å². The van der Waals surface area contributed by atoms with E-state index in [9.17, 15) is 14.4 Å². The van der Waals surface area contributed by atoms with Crippen molar-refractivity contribution >= 4 is 52.2 Å². The van der Waals surface area contributed by atoms with Crippen molar-refractivity contribution in [1.82, 2.24) is 5.32 Å². The second-order valence-corrected chi connectivity index (χ2v) is 9.74. The minimum absolute atomic E-state index is 0.130. The molecule has 3 amide bonds. The van der Waals surface area contributed by atoms with Crippen LogP contribution in [0.25, 0.3) is 0 Å². The van der Waals surface area contributed by atoms with Crippen molar-refractivity contribution in [1.29, 1.82) is 0 Å². The molecule has 31 heavy (non-hydrogen) atoms. The van der Waals surface area contributed by atoms with E-state index in [4.69, 9.17) is 16.3 Å². The fourth-order valence-corrected chi connectivity index (χ4v) is 5.57. The second-order valence-electron chi connectivity index (χ2n) is 8.03. The van der Waals surface area contributed by atoms with Gasteiger partial charge in [-0.25, -0.2) is 4.79 Å². The highest BCUT2D eigenvalue weighted by molar-refractivity contribution is 7.18. The van der Waals surface area contributed by atoms with Crippen molar-refractivity contribution in [3.8, 4) is 0 Å². The van der Waals surface area contributed by atoms with Gasteiger partial charge in [-0.15, -0.1) is 11.3 Å². The average molecular weight is 460 g/mol. The standard InChI is InChI=1S/C22H22ClN3O4S/c23-19-9-8-18(31-19)21(28)24-12-17-16-6-4-13-11-14(25-10-2-1-3-20(25)27)5-7-15(13)26(16)22(29)30-17/h5,7-9,11,16-17H,1-4,6,10,12H2,(H,24,28)/t16-,17-/m0/s1. The van der Waals surface area contributed by atoms with E-state index in [1.165, 1.54) is 11.3 Å². The first-order valence-electron chi connectivity index (χ1n) is 10.5. The number of halogens is 1. The van der Waals surface area contributed by atoms with Crippen LogP contribution in [-0.2, 0) is 16.0 Å². The number of hydrogen-bond acceptors (Lipinski definition) is 5. The van der Waals surface area contributed by atoms with Crippen molar-refractivity contribution in [3.05, 3.63) is 45.1 Å². The normalized spacial score (nSPS) is 22.7. The van der Waals surface area contributed by atoms with Crippen LogP contribution in [0.15, 0.2) is 30.3 Å². The maximum atomic E-state index is 12.6. The topological polar surface area (TPSA) is 79.0 Å². The SMILES string of the molecule is O=C(NC[C@@H]1OC(=O)N2c3ccc(N4CCCCC4=O)cc3CC[C@@H]12)c1ccc(Cl)s1. The van der Waals surface area contributed by atoms with Crippen molar-refractivity contribution in [2.75, 3.05) is 22.9 Å². The number of aryl methyl sites for hydroxylation is 1. The van der Waals surface area contributed by atoms with Crippen molar-refractivity contribution in [2.24, 2.45) is 0 Å². The largest absolute Gasteiger partial charge is 0.442 e. The number of carbonyl (C=O) groups excluding carboxylic acids is 3. The average Bonchev–Trinajstić information content (AvgIpc) is 3.35. The number of fused-ring (bicyclic) bond motifs is 3. The van der Waals surface area contributed by atoms with Crippen molar-refractivity contribution in [2.45, 2.75) is 44.2 Å². The van der Waals surface area contributed by atoms with E-state index in [1.54, 1.807) is 17.0 Å². The van der Waals surface area contributed by atoms with Gasteiger partial charge in [0.25, 0.3) is 5.91 Å². The molecular formula is C22H22ClN3O4S. The van der Waals surface area contributed by atoms with Crippen LogP contribution in [0.4, 0.5) is 16.2 Å². The lowest BCUT2D eigenvalue weighted by Crippen LogP contribution is -2.44. The first-order chi connectivity index (χ1) is 15.0. The summed E-state index contributed by atoms with van der Waals surface area (Å²) in [7, 11) is 0. The Bertz CT molecular complexity index is 1060. The molecule has 1 N–H and O–H groups in total. The molecule has 0 spiro atoms. The number of rotatable bonds is 4. The minimum atomic E-state index is -0.414. The smallest absolute Gasteiger partial charge is 0.415 e. The number of nitrogens with zero attached hydrogens (tertiary/aromatic N) is 2. The van der Waals surface area contributed by atoms with E-state index >= 15 is 0 Å². The number of thiophene rings is 1. The molecule has 4 heterocycles. The molecule has 7 nitrogen and oxygen atoms in total. The van der Waals surface area contributed by atoms with Gasteiger partial charge in [-0.05, 0) is 61.6 Å². The zero-order valence-electron chi connectivity index (χ0n) is 16.8. The molecule has 162 valence electrons. The van der Waals surface area contributed by atoms with E-state index in [0.29, 0.717) is 15.6 Å². The van der Waals surface area contributed by atoms with E-state index < -0.39 is 12.2 Å². The fourth-order valence-electron chi connectivity index (χ4n) is 4.61. The molecule has 1 aromatic heterocycles.